The molecule has 6 heteroatoms. The SMILES string of the molecule is O=C(/C=C/c1cccc(Cl)c1)NCc1ccc(Cn2cncn2)cc1. The molecule has 0 unspecified atom stereocenters. The lowest BCUT2D eigenvalue weighted by atomic mass is 10.1. The Kier molecular flexibility index (Phi) is 5.59. The molecule has 126 valence electrons. The van der Waals surface area contributed by atoms with Gasteiger partial charge in [0.1, 0.15) is 12.7 Å². The quantitative estimate of drug-likeness (QED) is 0.692. The second kappa shape index (κ2) is 8.26. The fourth-order valence-electron chi connectivity index (χ4n) is 2.29. The summed E-state index contributed by atoms with van der Waals surface area (Å²) in [7, 11) is 0. The predicted molar refractivity (Wildman–Crippen MR) is 97.9 cm³/mol. The lowest BCUT2D eigenvalue weighted by Gasteiger charge is -2.05. The summed E-state index contributed by atoms with van der Waals surface area (Å²) in [6, 6.07) is 15.4. The van der Waals surface area contributed by atoms with Crippen LogP contribution >= 0.6 is 11.6 Å². The maximum Gasteiger partial charge on any atom is 0.244 e. The summed E-state index contributed by atoms with van der Waals surface area (Å²) < 4.78 is 1.76. The summed E-state index contributed by atoms with van der Waals surface area (Å²) in [4.78, 5) is 15.8. The van der Waals surface area contributed by atoms with E-state index in [9.17, 15) is 4.79 Å². The van der Waals surface area contributed by atoms with Crippen molar-refractivity contribution in [2.24, 2.45) is 0 Å². The van der Waals surface area contributed by atoms with Crippen molar-refractivity contribution in [2.45, 2.75) is 13.1 Å². The van der Waals surface area contributed by atoms with Crippen molar-refractivity contribution in [1.82, 2.24) is 20.1 Å². The van der Waals surface area contributed by atoms with E-state index in [-0.39, 0.29) is 5.91 Å². The van der Waals surface area contributed by atoms with Crippen LogP contribution in [0.25, 0.3) is 6.08 Å². The first-order valence-corrected chi connectivity index (χ1v) is 8.18. The van der Waals surface area contributed by atoms with Gasteiger partial charge in [0.25, 0.3) is 0 Å². The number of carbonyl (C=O) groups excluding carboxylic acids is 1. The Bertz CT molecular complexity index is 857. The van der Waals surface area contributed by atoms with E-state index in [0.717, 1.165) is 16.7 Å². The van der Waals surface area contributed by atoms with Crippen molar-refractivity contribution in [2.75, 3.05) is 0 Å². The van der Waals surface area contributed by atoms with Gasteiger partial charge in [0, 0.05) is 17.6 Å². The number of hydrogen-bond acceptors (Lipinski definition) is 3. The zero-order valence-corrected chi connectivity index (χ0v) is 14.2. The Hall–Kier alpha value is -2.92. The smallest absolute Gasteiger partial charge is 0.244 e. The standard InChI is InChI=1S/C19H17ClN4O/c20-18-3-1-2-15(10-18)8-9-19(25)22-11-16-4-6-17(7-5-16)12-24-14-21-13-23-24/h1-10,13-14H,11-12H2,(H,22,25)/b9-8+. The van der Waals surface area contributed by atoms with Crippen molar-refractivity contribution in [3.63, 3.8) is 0 Å². The van der Waals surface area contributed by atoms with Crippen molar-refractivity contribution < 1.29 is 4.79 Å². The zero-order chi connectivity index (χ0) is 17.5. The first-order chi connectivity index (χ1) is 12.2. The van der Waals surface area contributed by atoms with E-state index >= 15 is 0 Å². The van der Waals surface area contributed by atoms with Gasteiger partial charge in [0.05, 0.1) is 6.54 Å². The van der Waals surface area contributed by atoms with Crippen LogP contribution in [0.15, 0.2) is 67.3 Å². The molecule has 0 aliphatic heterocycles. The normalized spacial score (nSPS) is 10.9. The summed E-state index contributed by atoms with van der Waals surface area (Å²) in [5.41, 5.74) is 3.05. The van der Waals surface area contributed by atoms with Crippen LogP contribution in [0.1, 0.15) is 16.7 Å². The van der Waals surface area contributed by atoms with Gasteiger partial charge >= 0.3 is 0 Å². The van der Waals surface area contributed by atoms with Gasteiger partial charge in [-0.3, -0.25) is 4.79 Å². The molecule has 1 heterocycles. The average Bonchev–Trinajstić information content (AvgIpc) is 3.12. The zero-order valence-electron chi connectivity index (χ0n) is 13.5. The third-order valence-electron chi connectivity index (χ3n) is 3.58. The molecule has 1 amide bonds. The number of carbonyl (C=O) groups is 1. The van der Waals surface area contributed by atoms with Gasteiger partial charge in [-0.2, -0.15) is 5.10 Å². The number of benzene rings is 2. The molecule has 0 atom stereocenters. The molecule has 1 N–H and O–H groups in total. The number of amides is 1. The number of nitrogens with one attached hydrogen (secondary N) is 1. The maximum absolute atomic E-state index is 11.9. The summed E-state index contributed by atoms with van der Waals surface area (Å²) in [6.45, 7) is 1.15. The molecule has 0 aliphatic carbocycles. The molecule has 0 saturated heterocycles. The number of rotatable bonds is 6. The van der Waals surface area contributed by atoms with Gasteiger partial charge in [-0.05, 0) is 34.9 Å². The summed E-state index contributed by atoms with van der Waals surface area (Å²) in [5, 5.41) is 7.59. The molecule has 3 rings (SSSR count). The van der Waals surface area contributed by atoms with E-state index in [1.54, 1.807) is 29.2 Å². The van der Waals surface area contributed by atoms with Crippen LogP contribution in [-0.2, 0) is 17.9 Å². The molecule has 0 radical (unpaired) electrons. The van der Waals surface area contributed by atoms with Crippen molar-refractivity contribution in [1.29, 1.82) is 0 Å². The minimum Gasteiger partial charge on any atom is -0.348 e. The van der Waals surface area contributed by atoms with Crippen molar-refractivity contribution >= 4 is 23.6 Å². The van der Waals surface area contributed by atoms with Crippen molar-refractivity contribution in [3.8, 4) is 0 Å². The molecule has 0 spiro atoms. The Morgan fingerprint density at radius 3 is 2.68 bits per heavy atom. The largest absolute Gasteiger partial charge is 0.348 e. The number of halogens is 1. The van der Waals surface area contributed by atoms with Crippen LogP contribution < -0.4 is 5.32 Å². The Labute approximate surface area is 151 Å². The van der Waals surface area contributed by atoms with E-state index < -0.39 is 0 Å². The summed E-state index contributed by atoms with van der Waals surface area (Å²) >= 11 is 5.92. The highest BCUT2D eigenvalue weighted by Gasteiger charge is 1.99. The van der Waals surface area contributed by atoms with Gasteiger partial charge in [-0.1, -0.05) is 48.0 Å². The fourth-order valence-corrected chi connectivity index (χ4v) is 2.49. The monoisotopic (exact) mass is 352 g/mol. The minimum atomic E-state index is -0.147. The van der Waals surface area contributed by atoms with E-state index in [1.165, 1.54) is 12.4 Å². The maximum atomic E-state index is 11.9. The third-order valence-corrected chi connectivity index (χ3v) is 3.81. The van der Waals surface area contributed by atoms with Crippen molar-refractivity contribution in [3.05, 3.63) is 89.0 Å². The molecular weight excluding hydrogens is 336 g/mol. The lowest BCUT2D eigenvalue weighted by Crippen LogP contribution is -2.20. The molecule has 0 fully saturated rings. The molecular formula is C19H17ClN4O. The molecule has 3 aromatic rings. The first-order valence-electron chi connectivity index (χ1n) is 7.81. The van der Waals surface area contributed by atoms with Crippen LogP contribution in [0.2, 0.25) is 5.02 Å². The molecule has 0 aliphatic rings. The van der Waals surface area contributed by atoms with Crippen LogP contribution in [-0.4, -0.2) is 20.7 Å². The van der Waals surface area contributed by atoms with Crippen LogP contribution in [0.4, 0.5) is 0 Å². The van der Waals surface area contributed by atoms with Gasteiger partial charge in [0.2, 0.25) is 5.91 Å². The van der Waals surface area contributed by atoms with Gasteiger partial charge in [-0.25, -0.2) is 9.67 Å². The topological polar surface area (TPSA) is 59.8 Å². The molecule has 0 saturated carbocycles. The highest BCUT2D eigenvalue weighted by Crippen LogP contribution is 2.11. The summed E-state index contributed by atoms with van der Waals surface area (Å²) in [6.07, 6.45) is 6.44. The fraction of sp³-hybridized carbons (Fsp3) is 0.105. The Balaban J connectivity index is 1.50. The highest BCUT2D eigenvalue weighted by atomic mass is 35.5. The molecule has 0 bridgehead atoms. The molecule has 5 nitrogen and oxygen atoms in total. The summed E-state index contributed by atoms with van der Waals surface area (Å²) in [5.74, 6) is -0.147. The minimum absolute atomic E-state index is 0.147. The van der Waals surface area contributed by atoms with Gasteiger partial charge < -0.3 is 5.32 Å². The number of hydrogen-bond donors (Lipinski definition) is 1. The van der Waals surface area contributed by atoms with Crippen LogP contribution in [0.5, 0.6) is 0 Å². The van der Waals surface area contributed by atoms with Crippen LogP contribution in [0.3, 0.4) is 0 Å². The van der Waals surface area contributed by atoms with E-state index in [1.807, 2.05) is 36.4 Å². The predicted octanol–water partition coefficient (Wildman–Crippen LogP) is 3.31. The van der Waals surface area contributed by atoms with E-state index in [0.29, 0.717) is 18.1 Å². The number of nitrogens with zero attached hydrogens (tertiary/aromatic N) is 3. The molecule has 1 aromatic heterocycles. The van der Waals surface area contributed by atoms with Crippen LogP contribution in [0, 0.1) is 0 Å². The van der Waals surface area contributed by atoms with E-state index in [4.69, 9.17) is 11.6 Å². The Morgan fingerprint density at radius 2 is 1.96 bits per heavy atom. The molecule has 25 heavy (non-hydrogen) atoms. The Morgan fingerprint density at radius 1 is 1.16 bits per heavy atom. The van der Waals surface area contributed by atoms with Gasteiger partial charge in [-0.15, -0.1) is 0 Å². The second-order valence-corrected chi connectivity index (χ2v) is 5.95. The third kappa shape index (κ3) is 5.29. The lowest BCUT2D eigenvalue weighted by molar-refractivity contribution is -0.116. The molecule has 2 aromatic carbocycles. The average molecular weight is 353 g/mol. The van der Waals surface area contributed by atoms with Gasteiger partial charge in [0.15, 0.2) is 0 Å². The first kappa shape index (κ1) is 16.9. The second-order valence-electron chi connectivity index (χ2n) is 5.52. The highest BCUT2D eigenvalue weighted by molar-refractivity contribution is 6.30. The number of aromatic nitrogens is 3. The van der Waals surface area contributed by atoms with E-state index in [2.05, 4.69) is 15.4 Å².